The first-order valence-electron chi connectivity index (χ1n) is 12.3. The van der Waals surface area contributed by atoms with Crippen LogP contribution in [0.1, 0.15) is 61.8 Å². The Morgan fingerprint density at radius 1 is 0.595 bits per heavy atom. The van der Waals surface area contributed by atoms with E-state index in [1.54, 1.807) is 36.4 Å². The monoisotopic (exact) mass is 570 g/mol. The van der Waals surface area contributed by atoms with Gasteiger partial charge in [0.2, 0.25) is 0 Å². The minimum Gasteiger partial charge on any atom is -0.507 e. The van der Waals surface area contributed by atoms with Crippen LogP contribution in [0.4, 0.5) is 0 Å². The Hall–Kier alpha value is -3.40. The quantitative estimate of drug-likeness (QED) is 0.229. The van der Waals surface area contributed by atoms with Crippen LogP contribution in [0.5, 0.6) is 11.5 Å². The fourth-order valence-electron chi connectivity index (χ4n) is 3.06. The van der Waals surface area contributed by atoms with Crippen LogP contribution in [0.2, 0.25) is 0 Å². The molecule has 0 spiro atoms. The summed E-state index contributed by atoms with van der Waals surface area (Å²) in [5.41, 5.74) is 3.60. The van der Waals surface area contributed by atoms with Gasteiger partial charge in [-0.15, -0.1) is 0 Å². The summed E-state index contributed by atoms with van der Waals surface area (Å²) in [6.07, 6.45) is 7.75. The molecule has 0 aliphatic carbocycles. The van der Waals surface area contributed by atoms with E-state index in [0.29, 0.717) is 11.1 Å². The molecule has 0 aromatic heterocycles. The smallest absolute Gasteiger partial charge is 0.507 e. The molecular formula is C32H36N2O2Zr. The Labute approximate surface area is 241 Å². The molecule has 0 aliphatic rings. The molecule has 4 nitrogen and oxygen atoms in total. The third-order valence-electron chi connectivity index (χ3n) is 5.15. The van der Waals surface area contributed by atoms with E-state index in [0.717, 1.165) is 0 Å². The summed E-state index contributed by atoms with van der Waals surface area (Å²) in [6, 6.07) is 33.7. The summed E-state index contributed by atoms with van der Waals surface area (Å²) in [6.45, 7) is 4.45. The summed E-state index contributed by atoms with van der Waals surface area (Å²) < 4.78 is 0. The Balaban J connectivity index is 0.000000463. The Kier molecular flexibility index (Phi) is 19.8. The van der Waals surface area contributed by atoms with Crippen molar-refractivity contribution in [2.45, 2.75) is 52.4 Å². The standard InChI is InChI=1S/2C9H13.2C7H5NO.Zr/c2*1-2-3-6-9-7-4-5-8-9;2*8-5-6-3-1-2-4-7(6)9;/h2*4-5,7-8H,2-3,6H2,1H3;2*1-4,9H;/q2*-1;;;+2. The van der Waals surface area contributed by atoms with Crippen molar-refractivity contribution in [3.63, 3.8) is 0 Å². The van der Waals surface area contributed by atoms with Crippen LogP contribution in [-0.2, 0) is 39.0 Å². The van der Waals surface area contributed by atoms with Crippen LogP contribution in [0, 0.1) is 22.7 Å². The minimum absolute atomic E-state index is 0. The zero-order valence-corrected chi connectivity index (χ0v) is 24.2. The molecule has 2 N–H and O–H groups in total. The molecule has 4 aromatic rings. The van der Waals surface area contributed by atoms with Gasteiger partial charge in [0.05, 0.1) is 11.1 Å². The molecule has 0 bridgehead atoms. The number of hydrogen-bond acceptors (Lipinski definition) is 4. The van der Waals surface area contributed by atoms with E-state index in [2.05, 4.69) is 62.4 Å². The van der Waals surface area contributed by atoms with Gasteiger partial charge in [0, 0.05) is 0 Å². The van der Waals surface area contributed by atoms with Crippen LogP contribution in [0.15, 0.2) is 97.1 Å². The van der Waals surface area contributed by atoms with Crippen molar-refractivity contribution in [1.29, 1.82) is 10.5 Å². The van der Waals surface area contributed by atoms with Gasteiger partial charge in [-0.1, -0.05) is 76.6 Å². The Bertz CT molecular complexity index is 1060. The first kappa shape index (κ1) is 33.6. The van der Waals surface area contributed by atoms with E-state index in [-0.39, 0.29) is 37.7 Å². The van der Waals surface area contributed by atoms with Gasteiger partial charge >= 0.3 is 26.2 Å². The van der Waals surface area contributed by atoms with Gasteiger partial charge in [0.15, 0.2) is 0 Å². The molecule has 37 heavy (non-hydrogen) atoms. The number of nitrogens with zero attached hydrogens (tertiary/aromatic N) is 2. The molecule has 0 radical (unpaired) electrons. The number of nitriles is 2. The summed E-state index contributed by atoms with van der Waals surface area (Å²) in [5, 5.41) is 34.4. The fourth-order valence-corrected chi connectivity index (χ4v) is 3.06. The number of aromatic hydroxyl groups is 2. The van der Waals surface area contributed by atoms with Gasteiger partial charge in [0.25, 0.3) is 0 Å². The molecular weight excluding hydrogens is 536 g/mol. The molecule has 0 saturated carbocycles. The maximum Gasteiger partial charge on any atom is 2.00 e. The van der Waals surface area contributed by atoms with Gasteiger partial charge in [-0.05, 0) is 24.3 Å². The molecule has 0 unspecified atom stereocenters. The number of para-hydroxylation sites is 2. The van der Waals surface area contributed by atoms with Crippen molar-refractivity contribution in [2.75, 3.05) is 0 Å². The predicted molar refractivity (Wildman–Crippen MR) is 147 cm³/mol. The molecule has 0 fully saturated rings. The van der Waals surface area contributed by atoms with Crippen LogP contribution < -0.4 is 0 Å². The van der Waals surface area contributed by atoms with E-state index in [4.69, 9.17) is 20.7 Å². The summed E-state index contributed by atoms with van der Waals surface area (Å²) in [5.74, 6) is 0.0833. The van der Waals surface area contributed by atoms with E-state index >= 15 is 0 Å². The van der Waals surface area contributed by atoms with Crippen molar-refractivity contribution < 1.29 is 36.4 Å². The number of benzene rings is 2. The average Bonchev–Trinajstić information content (AvgIpc) is 3.63. The summed E-state index contributed by atoms with van der Waals surface area (Å²) >= 11 is 0. The van der Waals surface area contributed by atoms with Crippen molar-refractivity contribution in [3.05, 3.63) is 119 Å². The molecule has 0 saturated heterocycles. The van der Waals surface area contributed by atoms with Crippen LogP contribution in [-0.4, -0.2) is 10.2 Å². The second-order valence-electron chi connectivity index (χ2n) is 8.05. The number of unbranched alkanes of at least 4 members (excludes halogenated alkanes) is 2. The third-order valence-corrected chi connectivity index (χ3v) is 5.15. The predicted octanol–water partition coefficient (Wildman–Crippen LogP) is 8.02. The maximum absolute atomic E-state index is 8.89. The van der Waals surface area contributed by atoms with E-state index in [1.807, 2.05) is 12.1 Å². The van der Waals surface area contributed by atoms with Crippen molar-refractivity contribution in [1.82, 2.24) is 0 Å². The van der Waals surface area contributed by atoms with Crippen LogP contribution in [0.25, 0.3) is 0 Å². The second kappa shape index (κ2) is 21.9. The number of aryl methyl sites for hydroxylation is 2. The van der Waals surface area contributed by atoms with E-state index < -0.39 is 0 Å². The molecule has 0 atom stereocenters. The minimum atomic E-state index is 0. The van der Waals surface area contributed by atoms with Crippen LogP contribution >= 0.6 is 0 Å². The SMILES string of the molecule is CCCC[c-]1cccc1.CCCC[c-]1cccc1.N#Cc1ccccc1O.N#Cc1ccccc1O.[Zr+2]. The summed E-state index contributed by atoms with van der Waals surface area (Å²) in [4.78, 5) is 0. The first-order valence-corrected chi connectivity index (χ1v) is 12.3. The van der Waals surface area contributed by atoms with E-state index in [9.17, 15) is 0 Å². The second-order valence-corrected chi connectivity index (χ2v) is 8.05. The van der Waals surface area contributed by atoms with E-state index in [1.165, 1.54) is 61.8 Å². The normalized spacial score (nSPS) is 8.86. The molecule has 4 aromatic carbocycles. The van der Waals surface area contributed by atoms with Gasteiger partial charge < -0.3 is 10.2 Å². The molecule has 0 aliphatic heterocycles. The van der Waals surface area contributed by atoms with Crippen molar-refractivity contribution in [3.8, 4) is 23.6 Å². The first-order chi connectivity index (χ1) is 17.5. The summed E-state index contributed by atoms with van der Waals surface area (Å²) in [7, 11) is 0. The number of phenols is 2. The Morgan fingerprint density at radius 3 is 1.16 bits per heavy atom. The van der Waals surface area contributed by atoms with Gasteiger partial charge in [-0.25, -0.2) is 24.3 Å². The Morgan fingerprint density at radius 2 is 0.919 bits per heavy atom. The fraction of sp³-hybridized carbons (Fsp3) is 0.250. The maximum atomic E-state index is 8.89. The molecule has 5 heteroatoms. The number of rotatable bonds is 6. The van der Waals surface area contributed by atoms with Crippen molar-refractivity contribution in [2.24, 2.45) is 0 Å². The van der Waals surface area contributed by atoms with Crippen LogP contribution in [0.3, 0.4) is 0 Å². The molecule has 190 valence electrons. The molecule has 4 rings (SSSR count). The largest absolute Gasteiger partial charge is 2.00 e. The van der Waals surface area contributed by atoms with Crippen molar-refractivity contribution >= 4 is 0 Å². The topological polar surface area (TPSA) is 88.0 Å². The van der Waals surface area contributed by atoms with Gasteiger partial charge in [-0.2, -0.15) is 45.9 Å². The van der Waals surface area contributed by atoms with Gasteiger partial charge in [-0.3, -0.25) is 0 Å². The average molecular weight is 572 g/mol. The van der Waals surface area contributed by atoms with Gasteiger partial charge in [0.1, 0.15) is 23.6 Å². The zero-order valence-electron chi connectivity index (χ0n) is 21.8. The molecule has 0 amide bonds. The number of hydrogen-bond donors (Lipinski definition) is 2. The molecule has 0 heterocycles. The zero-order chi connectivity index (χ0) is 26.4. The third kappa shape index (κ3) is 15.3. The number of phenolic OH excluding ortho intramolecular Hbond substituents is 2.